The highest BCUT2D eigenvalue weighted by Gasteiger charge is 2.08. The van der Waals surface area contributed by atoms with Gasteiger partial charge in [-0.15, -0.1) is 34.2 Å². The fraction of sp³-hybridized carbons (Fsp3) is 0.400. The molecule has 0 radical (unpaired) electrons. The predicted molar refractivity (Wildman–Crippen MR) is 149 cm³/mol. The van der Waals surface area contributed by atoms with E-state index in [2.05, 4.69) is 63.8 Å². The van der Waals surface area contributed by atoms with Gasteiger partial charge in [0.1, 0.15) is 11.6 Å². The molecule has 0 aliphatic carbocycles. The number of rotatable bonds is 10. The summed E-state index contributed by atoms with van der Waals surface area (Å²) in [4.78, 5) is 7.14. The molecule has 0 bridgehead atoms. The summed E-state index contributed by atoms with van der Waals surface area (Å²) < 4.78 is 7.22. The van der Waals surface area contributed by atoms with Crippen LogP contribution in [0.15, 0.2) is 53.5 Å². The summed E-state index contributed by atoms with van der Waals surface area (Å²) in [6, 6.07) is 16.6. The minimum Gasteiger partial charge on any atom is -0.497 e. The highest BCUT2D eigenvalue weighted by atomic mass is 127. The average molecular weight is 578 g/mol. The van der Waals surface area contributed by atoms with Crippen LogP contribution in [0.25, 0.3) is 0 Å². The molecule has 0 saturated heterocycles. The van der Waals surface area contributed by atoms with Gasteiger partial charge in [0.2, 0.25) is 0 Å². The fourth-order valence-corrected chi connectivity index (χ4v) is 3.45. The van der Waals surface area contributed by atoms with E-state index < -0.39 is 0 Å². The Morgan fingerprint density at radius 1 is 1.09 bits per heavy atom. The minimum absolute atomic E-state index is 0. The van der Waals surface area contributed by atoms with Crippen LogP contribution in [0.1, 0.15) is 29.7 Å². The second-order valence-electron chi connectivity index (χ2n) is 7.93. The number of likely N-dealkylation sites (N-methyl/N-ethyl adjacent to an activating group) is 1. The van der Waals surface area contributed by atoms with Gasteiger partial charge in [-0.1, -0.05) is 24.3 Å². The number of aromatic nitrogens is 3. The van der Waals surface area contributed by atoms with E-state index >= 15 is 0 Å². The van der Waals surface area contributed by atoms with Crippen molar-refractivity contribution in [1.82, 2.24) is 25.4 Å². The third-order valence-electron chi connectivity index (χ3n) is 5.60. The molecule has 0 aliphatic rings. The van der Waals surface area contributed by atoms with E-state index in [9.17, 15) is 0 Å². The molecule has 0 aliphatic heterocycles. The van der Waals surface area contributed by atoms with Crippen LogP contribution in [-0.4, -0.2) is 47.5 Å². The number of anilines is 1. The molecular weight excluding hydrogens is 541 g/mol. The number of guanidine groups is 1. The van der Waals surface area contributed by atoms with E-state index in [1.807, 2.05) is 42.8 Å². The average Bonchev–Trinajstić information content (AvgIpc) is 3.15. The molecule has 0 fully saturated rings. The van der Waals surface area contributed by atoms with Crippen LogP contribution in [0.2, 0.25) is 0 Å². The van der Waals surface area contributed by atoms with Crippen LogP contribution in [0, 0.1) is 13.8 Å². The van der Waals surface area contributed by atoms with Crippen molar-refractivity contribution in [2.45, 2.75) is 33.9 Å². The van der Waals surface area contributed by atoms with E-state index in [1.165, 1.54) is 11.3 Å². The zero-order chi connectivity index (χ0) is 23.6. The molecule has 0 spiro atoms. The van der Waals surface area contributed by atoms with Crippen LogP contribution in [0.4, 0.5) is 5.69 Å². The predicted octanol–water partition coefficient (Wildman–Crippen LogP) is 3.82. The number of halogens is 1. The molecule has 8 nitrogen and oxygen atoms in total. The number of hydrogen-bond acceptors (Lipinski definition) is 5. The first-order chi connectivity index (χ1) is 16.0. The molecule has 0 atom stereocenters. The number of ether oxygens (including phenoxy) is 1. The highest BCUT2D eigenvalue weighted by Crippen LogP contribution is 2.15. The fourth-order valence-electron chi connectivity index (χ4n) is 3.45. The summed E-state index contributed by atoms with van der Waals surface area (Å²) in [7, 11) is 3.64. The lowest BCUT2D eigenvalue weighted by Crippen LogP contribution is -2.41. The molecule has 0 amide bonds. The lowest BCUT2D eigenvalue weighted by atomic mass is 10.2. The third kappa shape index (κ3) is 7.89. The van der Waals surface area contributed by atoms with Crippen molar-refractivity contribution >= 4 is 35.6 Å². The van der Waals surface area contributed by atoms with Crippen LogP contribution < -0.4 is 20.3 Å². The molecule has 2 aromatic carbocycles. The molecule has 2 N–H and O–H groups in total. The molecule has 184 valence electrons. The van der Waals surface area contributed by atoms with Crippen molar-refractivity contribution in [2.24, 2.45) is 12.0 Å². The summed E-state index contributed by atoms with van der Waals surface area (Å²) in [6.45, 7) is 9.91. The van der Waals surface area contributed by atoms with Crippen LogP contribution in [0.3, 0.4) is 0 Å². The molecule has 0 saturated carbocycles. The van der Waals surface area contributed by atoms with Gasteiger partial charge in [-0.05, 0) is 56.2 Å². The Kier molecular flexibility index (Phi) is 11.1. The lowest BCUT2D eigenvalue weighted by molar-refractivity contribution is 0.414. The summed E-state index contributed by atoms with van der Waals surface area (Å²) >= 11 is 0. The number of benzene rings is 2. The maximum absolute atomic E-state index is 5.25. The Hall–Kier alpha value is -2.82. The quantitative estimate of drug-likeness (QED) is 0.217. The van der Waals surface area contributed by atoms with Crippen molar-refractivity contribution in [2.75, 3.05) is 31.6 Å². The number of methoxy groups -OCH3 is 1. The maximum Gasteiger partial charge on any atom is 0.192 e. The second-order valence-corrected chi connectivity index (χ2v) is 7.93. The number of nitrogens with one attached hydrogen (secondary N) is 2. The zero-order valence-electron chi connectivity index (χ0n) is 20.7. The lowest BCUT2D eigenvalue weighted by Gasteiger charge is -2.24. The Morgan fingerprint density at radius 2 is 1.85 bits per heavy atom. The monoisotopic (exact) mass is 577 g/mol. The van der Waals surface area contributed by atoms with Crippen LogP contribution in [0.5, 0.6) is 5.75 Å². The van der Waals surface area contributed by atoms with Gasteiger partial charge in [-0.25, -0.2) is 4.99 Å². The molecule has 3 rings (SSSR count). The second kappa shape index (κ2) is 13.8. The molecule has 1 aromatic heterocycles. The van der Waals surface area contributed by atoms with Gasteiger partial charge in [-0.2, -0.15) is 0 Å². The van der Waals surface area contributed by atoms with Gasteiger partial charge in [0.05, 0.1) is 20.2 Å². The maximum atomic E-state index is 5.25. The molecular formula is C25H36IN7O. The van der Waals surface area contributed by atoms with Gasteiger partial charge in [0, 0.05) is 32.4 Å². The van der Waals surface area contributed by atoms with E-state index in [1.54, 1.807) is 7.11 Å². The van der Waals surface area contributed by atoms with E-state index in [-0.39, 0.29) is 24.0 Å². The summed E-state index contributed by atoms with van der Waals surface area (Å²) in [5.41, 5.74) is 3.61. The van der Waals surface area contributed by atoms with Crippen molar-refractivity contribution in [3.05, 3.63) is 71.3 Å². The first-order valence-corrected chi connectivity index (χ1v) is 11.3. The van der Waals surface area contributed by atoms with Gasteiger partial charge in [-0.3, -0.25) is 0 Å². The topological polar surface area (TPSA) is 79.6 Å². The van der Waals surface area contributed by atoms with Crippen molar-refractivity contribution in [3.8, 4) is 5.75 Å². The zero-order valence-corrected chi connectivity index (χ0v) is 23.0. The van der Waals surface area contributed by atoms with Crippen LogP contribution >= 0.6 is 24.0 Å². The Morgan fingerprint density at radius 3 is 2.47 bits per heavy atom. The summed E-state index contributed by atoms with van der Waals surface area (Å²) in [5, 5.41) is 15.2. The van der Waals surface area contributed by atoms with Gasteiger partial charge in [0.25, 0.3) is 0 Å². The van der Waals surface area contributed by atoms with Crippen molar-refractivity contribution in [3.63, 3.8) is 0 Å². The Labute approximate surface area is 219 Å². The highest BCUT2D eigenvalue weighted by molar-refractivity contribution is 14.0. The normalized spacial score (nSPS) is 11.0. The largest absolute Gasteiger partial charge is 0.497 e. The molecule has 34 heavy (non-hydrogen) atoms. The molecule has 3 aromatic rings. The van der Waals surface area contributed by atoms with Gasteiger partial charge >= 0.3 is 0 Å². The number of nitrogens with zero attached hydrogens (tertiary/aromatic N) is 5. The van der Waals surface area contributed by atoms with Crippen molar-refractivity contribution < 1.29 is 4.74 Å². The first kappa shape index (κ1) is 27.4. The SMILES string of the molecule is CCN(CCNC(=NCc1ccc(OC)cc1)NCc1nnc(C)n1C)c1cccc(C)c1.I. The van der Waals surface area contributed by atoms with Crippen LogP contribution in [-0.2, 0) is 20.1 Å². The third-order valence-corrected chi connectivity index (χ3v) is 5.60. The molecule has 9 heteroatoms. The Bertz CT molecular complexity index is 1050. The van der Waals surface area contributed by atoms with Gasteiger partial charge in [0.15, 0.2) is 11.8 Å². The minimum atomic E-state index is 0. The summed E-state index contributed by atoms with van der Waals surface area (Å²) in [5.74, 6) is 3.33. The summed E-state index contributed by atoms with van der Waals surface area (Å²) in [6.07, 6.45) is 0. The van der Waals surface area contributed by atoms with E-state index in [0.29, 0.717) is 13.1 Å². The number of hydrogen-bond donors (Lipinski definition) is 2. The van der Waals surface area contributed by atoms with E-state index in [4.69, 9.17) is 9.73 Å². The molecule has 0 unspecified atom stereocenters. The smallest absolute Gasteiger partial charge is 0.192 e. The van der Waals surface area contributed by atoms with Gasteiger partial charge < -0.3 is 24.8 Å². The van der Waals surface area contributed by atoms with Crippen molar-refractivity contribution in [1.29, 1.82) is 0 Å². The number of aryl methyl sites for hydroxylation is 2. The van der Waals surface area contributed by atoms with E-state index in [0.717, 1.165) is 48.6 Å². The first-order valence-electron chi connectivity index (χ1n) is 11.3. The molecule has 1 heterocycles. The Balaban J connectivity index is 0.00000408. The number of aliphatic imine (C=N–C) groups is 1. The standard InChI is InChI=1S/C25H35N7O.HI/c1-6-32(22-9-7-8-19(2)16-22)15-14-26-25(28-18-24-30-29-20(3)31(24)4)27-17-21-10-12-23(33-5)13-11-21;/h7-13,16H,6,14-15,17-18H2,1-5H3,(H2,26,27,28);1H.